The van der Waals surface area contributed by atoms with Crippen LogP contribution in [-0.4, -0.2) is 50.3 Å². The van der Waals surface area contributed by atoms with E-state index in [9.17, 15) is 9.59 Å². The zero-order chi connectivity index (χ0) is 42.0. The number of aromatic nitrogens is 2. The van der Waals surface area contributed by atoms with E-state index in [0.29, 0.717) is 22.9 Å². The topological polar surface area (TPSA) is 114 Å². The van der Waals surface area contributed by atoms with Crippen LogP contribution in [0.25, 0.3) is 69.4 Å². The van der Waals surface area contributed by atoms with Crippen LogP contribution in [0.2, 0.25) is 0 Å². The van der Waals surface area contributed by atoms with Crippen molar-refractivity contribution in [1.82, 2.24) is 9.97 Å². The van der Waals surface area contributed by atoms with Gasteiger partial charge < -0.3 is 23.0 Å². The molecular formula is C50H46N2O7. The smallest absolute Gasteiger partial charge is 0.337 e. The molecule has 0 fully saturated rings. The van der Waals surface area contributed by atoms with E-state index in [1.54, 1.807) is 38.5 Å². The fourth-order valence-corrected chi connectivity index (χ4v) is 5.55. The van der Waals surface area contributed by atoms with Gasteiger partial charge in [0.05, 0.1) is 25.3 Å². The molecule has 0 saturated carbocycles. The second-order valence-electron chi connectivity index (χ2n) is 12.5. The molecule has 9 nitrogen and oxygen atoms in total. The third-order valence-corrected chi connectivity index (χ3v) is 8.50. The molecule has 9 heteroatoms. The van der Waals surface area contributed by atoms with Gasteiger partial charge in [0.15, 0.2) is 11.2 Å². The average Bonchev–Trinajstić information content (AvgIpc) is 3.94. The molecule has 8 rings (SSSR count). The Hall–Kier alpha value is -7.36. The molecule has 0 N–H and O–H groups in total. The zero-order valence-corrected chi connectivity index (χ0v) is 33.9. The molecule has 0 aliphatic carbocycles. The van der Waals surface area contributed by atoms with Crippen molar-refractivity contribution in [1.29, 1.82) is 0 Å². The highest BCUT2D eigenvalue weighted by Crippen LogP contribution is 2.26. The second-order valence-corrected chi connectivity index (χ2v) is 12.5. The Morgan fingerprint density at radius 1 is 0.441 bits per heavy atom. The van der Waals surface area contributed by atoms with Crippen LogP contribution in [0.15, 0.2) is 154 Å². The number of methoxy groups -OCH3 is 3. The lowest BCUT2D eigenvalue weighted by atomic mass is 10.1. The summed E-state index contributed by atoms with van der Waals surface area (Å²) < 4.78 is 25.2. The lowest BCUT2D eigenvalue weighted by Gasteiger charge is -2.00. The molecule has 2 heterocycles. The summed E-state index contributed by atoms with van der Waals surface area (Å²) in [6, 6.07) is 46.0. The van der Waals surface area contributed by atoms with E-state index in [0.717, 1.165) is 55.6 Å². The van der Waals surface area contributed by atoms with Crippen molar-refractivity contribution in [2.45, 2.75) is 13.8 Å². The molecule has 0 bridgehead atoms. The molecule has 0 saturated heterocycles. The third kappa shape index (κ3) is 11.8. The lowest BCUT2D eigenvalue weighted by Crippen LogP contribution is -2.00. The Labute approximate surface area is 344 Å². The minimum absolute atomic E-state index is 0.333. The summed E-state index contributed by atoms with van der Waals surface area (Å²) in [6.07, 6.45) is 8.02. The minimum Gasteiger partial charge on any atom is -0.465 e. The molecule has 2 aromatic heterocycles. The van der Waals surface area contributed by atoms with Crippen LogP contribution < -0.4 is 0 Å². The average molecular weight is 787 g/mol. The van der Waals surface area contributed by atoms with E-state index in [4.69, 9.17) is 18.3 Å². The molecule has 0 aliphatic rings. The highest BCUT2D eigenvalue weighted by molar-refractivity contribution is 5.90. The third-order valence-electron chi connectivity index (χ3n) is 8.50. The predicted molar refractivity (Wildman–Crippen MR) is 237 cm³/mol. The number of carbonyl (C=O) groups is 2. The summed E-state index contributed by atoms with van der Waals surface area (Å²) in [4.78, 5) is 31.9. The van der Waals surface area contributed by atoms with Gasteiger partial charge in [0.2, 0.25) is 11.8 Å². The van der Waals surface area contributed by atoms with Gasteiger partial charge in [-0.2, -0.15) is 0 Å². The monoisotopic (exact) mass is 786 g/mol. The maximum atomic E-state index is 11.5. The minimum atomic E-state index is -0.333. The largest absolute Gasteiger partial charge is 0.465 e. The second kappa shape index (κ2) is 21.8. The van der Waals surface area contributed by atoms with E-state index in [1.807, 2.05) is 159 Å². The summed E-state index contributed by atoms with van der Waals surface area (Å²) >= 11 is 0. The first kappa shape index (κ1) is 42.8. The first-order chi connectivity index (χ1) is 28.9. The fourth-order valence-electron chi connectivity index (χ4n) is 5.55. The maximum Gasteiger partial charge on any atom is 0.337 e. The number of oxazole rings is 2. The fraction of sp³-hybridized carbons (Fsp3) is 0.120. The van der Waals surface area contributed by atoms with Gasteiger partial charge in [0, 0.05) is 25.3 Å². The number of hydrogen-bond donors (Lipinski definition) is 0. The van der Waals surface area contributed by atoms with Crippen LogP contribution in [0.4, 0.5) is 0 Å². The molecule has 0 radical (unpaired) electrons. The van der Waals surface area contributed by atoms with E-state index in [1.165, 1.54) is 14.2 Å². The molecule has 298 valence electrons. The molecule has 59 heavy (non-hydrogen) atoms. The highest BCUT2D eigenvalue weighted by Gasteiger charge is 2.09. The number of rotatable bonds is 8. The lowest BCUT2D eigenvalue weighted by molar-refractivity contribution is 0.0592. The molecule has 0 spiro atoms. The molecule has 6 aromatic carbocycles. The number of hydrogen-bond acceptors (Lipinski definition) is 9. The summed E-state index contributed by atoms with van der Waals surface area (Å²) in [5.74, 6) is 0.566. The van der Waals surface area contributed by atoms with Crippen LogP contribution in [0, 0.1) is 0 Å². The summed E-state index contributed by atoms with van der Waals surface area (Å²) in [6.45, 7) is 4.00. The van der Waals surface area contributed by atoms with Gasteiger partial charge in [0.25, 0.3) is 0 Å². The van der Waals surface area contributed by atoms with Gasteiger partial charge in [-0.1, -0.05) is 111 Å². The van der Waals surface area contributed by atoms with Gasteiger partial charge in [-0.3, -0.25) is 0 Å². The Kier molecular flexibility index (Phi) is 15.8. The summed E-state index contributed by atoms with van der Waals surface area (Å²) in [5.41, 5.74) is 10.4. The van der Waals surface area contributed by atoms with Gasteiger partial charge in [-0.15, -0.1) is 0 Å². The quantitative estimate of drug-likeness (QED) is 0.110. The number of nitrogens with zero attached hydrogens (tertiary/aromatic N) is 2. The Morgan fingerprint density at radius 2 is 0.729 bits per heavy atom. The van der Waals surface area contributed by atoms with Crippen molar-refractivity contribution in [3.63, 3.8) is 0 Å². The molecule has 0 atom stereocenters. The molecule has 0 unspecified atom stereocenters. The summed E-state index contributed by atoms with van der Waals surface area (Å²) in [7, 11) is 6.00. The van der Waals surface area contributed by atoms with E-state index < -0.39 is 0 Å². The number of para-hydroxylation sites is 4. The number of fused-ring (bicyclic) bond motifs is 2. The van der Waals surface area contributed by atoms with Crippen molar-refractivity contribution in [3.05, 3.63) is 179 Å². The van der Waals surface area contributed by atoms with Crippen LogP contribution in [0.3, 0.4) is 0 Å². The first-order valence-corrected chi connectivity index (χ1v) is 18.9. The van der Waals surface area contributed by atoms with Crippen molar-refractivity contribution in [3.8, 4) is 22.9 Å². The van der Waals surface area contributed by atoms with Gasteiger partial charge in [-0.25, -0.2) is 19.6 Å². The standard InChI is InChI=1S/2C23H17NO3.C2H6O.C2H6/c2*1-26-23(25)19-14-10-17(11-15-19)7-6-16-8-12-18(13-9-16)22-24-20-4-2-3-5-21(20)27-22;1-3-2;1-2/h2*2-15H,1H3;1-2H3;1-2H3/b2*7-6+;;. The Balaban J connectivity index is 0.000000202. The maximum absolute atomic E-state index is 11.5. The molecule has 0 aliphatic heterocycles. The van der Waals surface area contributed by atoms with E-state index >= 15 is 0 Å². The van der Waals surface area contributed by atoms with Gasteiger partial charge in [0.1, 0.15) is 11.0 Å². The number of carbonyl (C=O) groups excluding carboxylic acids is 2. The Bertz CT molecular complexity index is 2350. The van der Waals surface area contributed by atoms with Crippen molar-refractivity contribution < 1.29 is 32.6 Å². The number of benzene rings is 6. The predicted octanol–water partition coefficient (Wildman–Crippen LogP) is 12.2. The van der Waals surface area contributed by atoms with Gasteiger partial charge >= 0.3 is 11.9 Å². The molecule has 8 aromatic rings. The van der Waals surface area contributed by atoms with Crippen LogP contribution in [-0.2, 0) is 14.2 Å². The molecule has 0 amide bonds. The van der Waals surface area contributed by atoms with Gasteiger partial charge in [-0.05, 0) is 95.1 Å². The van der Waals surface area contributed by atoms with E-state index in [2.05, 4.69) is 14.7 Å². The summed E-state index contributed by atoms with van der Waals surface area (Å²) in [5, 5.41) is 0. The van der Waals surface area contributed by atoms with Crippen molar-refractivity contribution >= 4 is 58.4 Å². The highest BCUT2D eigenvalue weighted by atomic mass is 16.5. The first-order valence-electron chi connectivity index (χ1n) is 18.9. The van der Waals surface area contributed by atoms with Crippen LogP contribution in [0.5, 0.6) is 0 Å². The number of esters is 2. The normalized spacial score (nSPS) is 10.6. The van der Waals surface area contributed by atoms with Crippen LogP contribution >= 0.6 is 0 Å². The van der Waals surface area contributed by atoms with E-state index in [-0.39, 0.29) is 11.9 Å². The Morgan fingerprint density at radius 3 is 1.02 bits per heavy atom. The SMILES string of the molecule is CC.COC.COC(=O)c1ccc(/C=C/c2ccc(-c3nc4ccccc4o3)cc2)cc1.COC(=O)c1ccc(/C=C/c2ccc(-c3nc4ccccc4o3)cc2)cc1. The van der Waals surface area contributed by atoms with Crippen molar-refractivity contribution in [2.24, 2.45) is 0 Å². The number of ether oxygens (including phenoxy) is 3. The van der Waals surface area contributed by atoms with Crippen LogP contribution in [0.1, 0.15) is 56.8 Å². The van der Waals surface area contributed by atoms with Crippen molar-refractivity contribution in [2.75, 3.05) is 28.4 Å². The zero-order valence-electron chi connectivity index (χ0n) is 33.9. The molecular weight excluding hydrogens is 741 g/mol.